The molecule has 1 saturated carbocycles. The summed E-state index contributed by atoms with van der Waals surface area (Å²) in [5.41, 5.74) is 3.29. The molecule has 8 heteroatoms. The van der Waals surface area contributed by atoms with Gasteiger partial charge in [0.15, 0.2) is 11.3 Å². The number of nitrogens with zero attached hydrogens (tertiary/aromatic N) is 6. The monoisotopic (exact) mass is 336 g/mol. The van der Waals surface area contributed by atoms with Gasteiger partial charge in [-0.3, -0.25) is 0 Å². The molecule has 0 radical (unpaired) electrons. The van der Waals surface area contributed by atoms with E-state index in [9.17, 15) is 10.1 Å². The predicted octanol–water partition coefficient (Wildman–Crippen LogP) is 1.90. The van der Waals surface area contributed by atoms with Gasteiger partial charge in [-0.15, -0.1) is 5.10 Å². The minimum atomic E-state index is -0.496. The van der Waals surface area contributed by atoms with Crippen LogP contribution in [0.3, 0.4) is 0 Å². The van der Waals surface area contributed by atoms with Crippen LogP contribution in [0, 0.1) is 11.3 Å². The lowest BCUT2D eigenvalue weighted by molar-refractivity contribution is 0.0519. The third-order valence-electron chi connectivity index (χ3n) is 4.14. The fourth-order valence-electron chi connectivity index (χ4n) is 2.81. The quantitative estimate of drug-likeness (QED) is 0.660. The summed E-state index contributed by atoms with van der Waals surface area (Å²) in [5, 5.41) is 17.1. The van der Waals surface area contributed by atoms with Crippen molar-refractivity contribution in [2.24, 2.45) is 0 Å². The highest BCUT2D eigenvalue weighted by Gasteiger charge is 2.25. The number of carbonyl (C=O) groups excluding carboxylic acids is 1. The van der Waals surface area contributed by atoms with Crippen molar-refractivity contribution in [1.82, 2.24) is 24.4 Å². The van der Waals surface area contributed by atoms with Gasteiger partial charge in [-0.05, 0) is 37.3 Å². The maximum absolute atomic E-state index is 11.6. The second kappa shape index (κ2) is 6.02. The molecule has 0 aliphatic heterocycles. The molecule has 126 valence electrons. The van der Waals surface area contributed by atoms with E-state index < -0.39 is 5.97 Å². The van der Waals surface area contributed by atoms with E-state index in [4.69, 9.17) is 4.74 Å². The van der Waals surface area contributed by atoms with E-state index in [1.54, 1.807) is 6.92 Å². The van der Waals surface area contributed by atoms with Crippen LogP contribution < -0.4 is 0 Å². The van der Waals surface area contributed by atoms with Gasteiger partial charge >= 0.3 is 5.97 Å². The van der Waals surface area contributed by atoms with Gasteiger partial charge in [0.05, 0.1) is 30.6 Å². The lowest BCUT2D eigenvalue weighted by Gasteiger charge is -2.01. The molecule has 3 aromatic heterocycles. The zero-order chi connectivity index (χ0) is 17.4. The molecule has 4 rings (SSSR count). The molecule has 1 fully saturated rings. The molecule has 0 aromatic carbocycles. The summed E-state index contributed by atoms with van der Waals surface area (Å²) in [6.07, 6.45) is 7.80. The molecule has 0 unspecified atom stereocenters. The number of hydrogen-bond acceptors (Lipinski definition) is 6. The summed E-state index contributed by atoms with van der Waals surface area (Å²) >= 11 is 0. The molecule has 0 bridgehead atoms. The van der Waals surface area contributed by atoms with Gasteiger partial charge < -0.3 is 9.14 Å². The number of hydrogen-bond donors (Lipinski definition) is 0. The molecule has 0 atom stereocenters. The van der Waals surface area contributed by atoms with Crippen LogP contribution in [-0.4, -0.2) is 37.0 Å². The summed E-state index contributed by atoms with van der Waals surface area (Å²) in [6.45, 7) is 2.39. The van der Waals surface area contributed by atoms with Gasteiger partial charge in [0.25, 0.3) is 0 Å². The number of imidazole rings is 1. The fraction of sp³-hybridized carbons (Fsp3) is 0.353. The third-order valence-corrected chi connectivity index (χ3v) is 4.14. The first kappa shape index (κ1) is 15.3. The van der Waals surface area contributed by atoms with E-state index in [1.807, 2.05) is 22.9 Å². The van der Waals surface area contributed by atoms with E-state index in [0.29, 0.717) is 30.3 Å². The molecule has 1 aliphatic rings. The van der Waals surface area contributed by atoms with Crippen molar-refractivity contribution in [2.45, 2.75) is 32.2 Å². The first-order valence-electron chi connectivity index (χ1n) is 8.16. The van der Waals surface area contributed by atoms with Gasteiger partial charge in [0.2, 0.25) is 0 Å². The SMILES string of the molecule is CCOC(=O)c1cn(Cc2cn3cc(C4CC4)cc(C#N)c3n2)nn1. The van der Waals surface area contributed by atoms with Crippen LogP contribution in [0.15, 0.2) is 24.7 Å². The number of carbonyl (C=O) groups is 1. The van der Waals surface area contributed by atoms with Crippen LogP contribution in [0.4, 0.5) is 0 Å². The van der Waals surface area contributed by atoms with E-state index in [2.05, 4.69) is 21.4 Å². The number of aromatic nitrogens is 5. The average Bonchev–Trinajstić information content (AvgIpc) is 3.22. The van der Waals surface area contributed by atoms with Crippen molar-refractivity contribution in [3.63, 3.8) is 0 Å². The number of rotatable bonds is 5. The van der Waals surface area contributed by atoms with Gasteiger partial charge in [0.1, 0.15) is 6.07 Å². The second-order valence-corrected chi connectivity index (χ2v) is 6.06. The van der Waals surface area contributed by atoms with Crippen molar-refractivity contribution in [1.29, 1.82) is 5.26 Å². The van der Waals surface area contributed by atoms with Crippen molar-refractivity contribution >= 4 is 11.6 Å². The Morgan fingerprint density at radius 1 is 1.40 bits per heavy atom. The Bertz CT molecular complexity index is 992. The number of nitriles is 1. The summed E-state index contributed by atoms with van der Waals surface area (Å²) in [7, 11) is 0. The number of pyridine rings is 1. The number of ether oxygens (including phenoxy) is 1. The first-order chi connectivity index (χ1) is 12.2. The lowest BCUT2D eigenvalue weighted by atomic mass is 10.1. The molecule has 25 heavy (non-hydrogen) atoms. The summed E-state index contributed by atoms with van der Waals surface area (Å²) in [4.78, 5) is 16.2. The Morgan fingerprint density at radius 3 is 2.96 bits per heavy atom. The van der Waals surface area contributed by atoms with Crippen molar-refractivity contribution in [3.05, 3.63) is 47.2 Å². The Labute approximate surface area is 143 Å². The van der Waals surface area contributed by atoms with Gasteiger partial charge in [0, 0.05) is 12.4 Å². The first-order valence-corrected chi connectivity index (χ1v) is 8.16. The fourth-order valence-corrected chi connectivity index (χ4v) is 2.81. The van der Waals surface area contributed by atoms with Crippen LogP contribution in [0.2, 0.25) is 0 Å². The molecule has 0 amide bonds. The van der Waals surface area contributed by atoms with Gasteiger partial charge in [-0.1, -0.05) is 5.21 Å². The third kappa shape index (κ3) is 2.96. The van der Waals surface area contributed by atoms with Crippen LogP contribution in [0.5, 0.6) is 0 Å². The molecule has 0 N–H and O–H groups in total. The van der Waals surface area contributed by atoms with Crippen LogP contribution in [-0.2, 0) is 11.3 Å². The predicted molar refractivity (Wildman–Crippen MR) is 87.0 cm³/mol. The van der Waals surface area contributed by atoms with Gasteiger partial charge in [-0.25, -0.2) is 14.5 Å². The number of esters is 1. The molecule has 0 saturated heterocycles. The molecule has 3 heterocycles. The smallest absolute Gasteiger partial charge is 0.360 e. The van der Waals surface area contributed by atoms with Gasteiger partial charge in [-0.2, -0.15) is 5.26 Å². The molecule has 0 spiro atoms. The Balaban J connectivity index is 1.62. The number of fused-ring (bicyclic) bond motifs is 1. The zero-order valence-electron chi connectivity index (χ0n) is 13.7. The maximum atomic E-state index is 11.6. The minimum Gasteiger partial charge on any atom is -0.461 e. The molecule has 8 nitrogen and oxygen atoms in total. The Kier molecular flexibility index (Phi) is 3.69. The molecule has 3 aromatic rings. The highest BCUT2D eigenvalue weighted by Crippen LogP contribution is 2.40. The van der Waals surface area contributed by atoms with Crippen LogP contribution >= 0.6 is 0 Å². The normalized spacial score (nSPS) is 13.8. The van der Waals surface area contributed by atoms with Crippen molar-refractivity contribution in [2.75, 3.05) is 6.61 Å². The summed E-state index contributed by atoms with van der Waals surface area (Å²) in [6, 6.07) is 4.15. The van der Waals surface area contributed by atoms with E-state index in [1.165, 1.54) is 29.3 Å². The van der Waals surface area contributed by atoms with Crippen LogP contribution in [0.25, 0.3) is 5.65 Å². The minimum absolute atomic E-state index is 0.166. The zero-order valence-corrected chi connectivity index (χ0v) is 13.7. The topological polar surface area (TPSA) is 98.1 Å². The van der Waals surface area contributed by atoms with E-state index in [0.717, 1.165) is 5.69 Å². The highest BCUT2D eigenvalue weighted by molar-refractivity contribution is 5.86. The van der Waals surface area contributed by atoms with E-state index in [-0.39, 0.29) is 5.69 Å². The molecular weight excluding hydrogens is 320 g/mol. The molecular formula is C17H16N6O2. The van der Waals surface area contributed by atoms with Crippen molar-refractivity contribution in [3.8, 4) is 6.07 Å². The standard InChI is InChI=1S/C17H16N6O2/c1-2-25-17(24)15-10-23(21-20-15)9-14-8-22-7-13(11-3-4-11)5-12(6-18)16(22)19-14/h5,7-8,10-11H,2-4,9H2,1H3. The lowest BCUT2D eigenvalue weighted by Crippen LogP contribution is -2.05. The Hall–Kier alpha value is -3.21. The molecule has 1 aliphatic carbocycles. The van der Waals surface area contributed by atoms with Crippen LogP contribution in [0.1, 0.15) is 53.0 Å². The highest BCUT2D eigenvalue weighted by atomic mass is 16.5. The average molecular weight is 336 g/mol. The van der Waals surface area contributed by atoms with Crippen molar-refractivity contribution < 1.29 is 9.53 Å². The maximum Gasteiger partial charge on any atom is 0.360 e. The summed E-state index contributed by atoms with van der Waals surface area (Å²) in [5.74, 6) is 0.0643. The summed E-state index contributed by atoms with van der Waals surface area (Å²) < 4.78 is 8.32. The Morgan fingerprint density at radius 2 is 2.24 bits per heavy atom. The largest absolute Gasteiger partial charge is 0.461 e. The second-order valence-electron chi connectivity index (χ2n) is 6.06. The van der Waals surface area contributed by atoms with E-state index >= 15 is 0 Å².